The highest BCUT2D eigenvalue weighted by molar-refractivity contribution is 5.76. The third-order valence-electron chi connectivity index (χ3n) is 2.53. The molecule has 0 radical (unpaired) electrons. The van der Waals surface area contributed by atoms with Gasteiger partial charge in [-0.3, -0.25) is 4.79 Å². The van der Waals surface area contributed by atoms with Gasteiger partial charge in [-0.1, -0.05) is 25.9 Å². The van der Waals surface area contributed by atoms with Crippen molar-refractivity contribution < 1.29 is 14.1 Å². The molecule has 19 heavy (non-hydrogen) atoms. The van der Waals surface area contributed by atoms with Crippen LogP contribution >= 0.6 is 0 Å². The summed E-state index contributed by atoms with van der Waals surface area (Å²) in [6.45, 7) is 8.44. The van der Waals surface area contributed by atoms with Gasteiger partial charge in [0.1, 0.15) is 0 Å². The molecule has 0 saturated carbocycles. The summed E-state index contributed by atoms with van der Waals surface area (Å²) in [7, 11) is 1.61. The molecule has 1 amide bonds. The van der Waals surface area contributed by atoms with Crippen LogP contribution in [0.1, 0.15) is 45.8 Å². The van der Waals surface area contributed by atoms with Gasteiger partial charge in [-0.25, -0.2) is 0 Å². The van der Waals surface area contributed by atoms with E-state index in [0.29, 0.717) is 31.2 Å². The first-order valence-electron chi connectivity index (χ1n) is 6.44. The molecule has 1 atom stereocenters. The Morgan fingerprint density at radius 3 is 2.68 bits per heavy atom. The third kappa shape index (κ3) is 5.38. The van der Waals surface area contributed by atoms with Crippen molar-refractivity contribution in [2.24, 2.45) is 0 Å². The molecular weight excluding hydrogens is 246 g/mol. The summed E-state index contributed by atoms with van der Waals surface area (Å²) < 4.78 is 10.1. The number of carbonyl (C=O) groups excluding carboxylic acids is 1. The zero-order valence-corrected chi connectivity index (χ0v) is 12.3. The maximum absolute atomic E-state index is 11.6. The Hall–Kier alpha value is -1.43. The van der Waals surface area contributed by atoms with Crippen molar-refractivity contribution in [2.45, 2.75) is 52.0 Å². The van der Waals surface area contributed by atoms with Gasteiger partial charge in [0.05, 0.1) is 6.61 Å². The predicted molar refractivity (Wildman–Crippen MR) is 70.8 cm³/mol. The molecule has 0 bridgehead atoms. The van der Waals surface area contributed by atoms with Gasteiger partial charge in [0.2, 0.25) is 11.8 Å². The first-order chi connectivity index (χ1) is 8.82. The average molecular weight is 269 g/mol. The number of nitrogens with one attached hydrogen (secondary N) is 1. The fraction of sp³-hybridized carbons (Fsp3) is 0.769. The summed E-state index contributed by atoms with van der Waals surface area (Å²) in [5.41, 5.74) is -0.142. The second-order valence-corrected chi connectivity index (χ2v) is 5.69. The minimum Gasteiger partial charge on any atom is -0.383 e. The van der Waals surface area contributed by atoms with Crippen LogP contribution in [-0.4, -0.2) is 35.8 Å². The van der Waals surface area contributed by atoms with E-state index in [1.54, 1.807) is 7.11 Å². The van der Waals surface area contributed by atoms with Crippen molar-refractivity contribution in [2.75, 3.05) is 13.7 Å². The van der Waals surface area contributed by atoms with E-state index in [9.17, 15) is 4.79 Å². The van der Waals surface area contributed by atoms with E-state index in [1.807, 2.05) is 27.7 Å². The summed E-state index contributed by atoms with van der Waals surface area (Å²) in [6.07, 6.45) is 0.786. The largest absolute Gasteiger partial charge is 0.383 e. The Kier molecular flexibility index (Phi) is 5.47. The zero-order valence-electron chi connectivity index (χ0n) is 12.3. The van der Waals surface area contributed by atoms with Crippen molar-refractivity contribution in [3.8, 4) is 0 Å². The molecule has 1 rings (SSSR count). The van der Waals surface area contributed by atoms with Gasteiger partial charge in [0, 0.05) is 31.4 Å². The minimum absolute atomic E-state index is 0.00493. The van der Waals surface area contributed by atoms with Crippen molar-refractivity contribution in [1.29, 1.82) is 0 Å². The van der Waals surface area contributed by atoms with Crippen LogP contribution in [0.3, 0.4) is 0 Å². The van der Waals surface area contributed by atoms with Crippen LogP contribution in [0.5, 0.6) is 0 Å². The summed E-state index contributed by atoms with van der Waals surface area (Å²) in [6, 6.07) is 0.00493. The van der Waals surface area contributed by atoms with Gasteiger partial charge in [0.25, 0.3) is 0 Å². The highest BCUT2D eigenvalue weighted by Crippen LogP contribution is 2.18. The molecule has 0 spiro atoms. The Morgan fingerprint density at radius 2 is 2.16 bits per heavy atom. The molecule has 0 saturated heterocycles. The number of nitrogens with zero attached hydrogens (tertiary/aromatic N) is 2. The van der Waals surface area contributed by atoms with Crippen molar-refractivity contribution >= 4 is 5.91 Å². The van der Waals surface area contributed by atoms with E-state index in [-0.39, 0.29) is 17.4 Å². The van der Waals surface area contributed by atoms with Crippen LogP contribution in [0.4, 0.5) is 0 Å². The highest BCUT2D eigenvalue weighted by atomic mass is 16.5. The third-order valence-corrected chi connectivity index (χ3v) is 2.53. The summed E-state index contributed by atoms with van der Waals surface area (Å²) in [5, 5.41) is 6.75. The van der Waals surface area contributed by atoms with E-state index in [2.05, 4.69) is 15.5 Å². The minimum atomic E-state index is -0.142. The van der Waals surface area contributed by atoms with Gasteiger partial charge >= 0.3 is 0 Å². The zero-order chi connectivity index (χ0) is 14.5. The van der Waals surface area contributed by atoms with Crippen LogP contribution in [0, 0.1) is 0 Å². The molecule has 0 aliphatic rings. The molecule has 1 aromatic heterocycles. The molecule has 1 aromatic rings. The monoisotopic (exact) mass is 269 g/mol. The number of hydrogen-bond acceptors (Lipinski definition) is 5. The summed E-state index contributed by atoms with van der Waals surface area (Å²) in [5.74, 6) is 1.12. The lowest BCUT2D eigenvalue weighted by molar-refractivity contribution is -0.122. The van der Waals surface area contributed by atoms with Crippen molar-refractivity contribution in [1.82, 2.24) is 15.5 Å². The lowest BCUT2D eigenvalue weighted by Gasteiger charge is -2.12. The van der Waals surface area contributed by atoms with E-state index >= 15 is 0 Å². The smallest absolute Gasteiger partial charge is 0.227 e. The van der Waals surface area contributed by atoms with E-state index in [1.165, 1.54) is 0 Å². The second-order valence-electron chi connectivity index (χ2n) is 5.69. The first kappa shape index (κ1) is 15.6. The van der Waals surface area contributed by atoms with Gasteiger partial charge in [0.15, 0.2) is 5.82 Å². The Bertz CT molecular complexity index is 410. The molecule has 6 heteroatoms. The quantitative estimate of drug-likeness (QED) is 0.845. The molecular formula is C13H23N3O3. The SMILES string of the molecule is COC[C@@H](C)NC(=O)CCc1nc(C(C)(C)C)no1. The maximum Gasteiger partial charge on any atom is 0.227 e. The van der Waals surface area contributed by atoms with Crippen LogP contribution in [0.25, 0.3) is 0 Å². The van der Waals surface area contributed by atoms with E-state index < -0.39 is 0 Å². The number of aromatic nitrogens is 2. The fourth-order valence-electron chi connectivity index (χ4n) is 1.52. The number of amides is 1. The average Bonchev–Trinajstić information content (AvgIpc) is 2.74. The molecule has 1 heterocycles. The molecule has 108 valence electrons. The lowest BCUT2D eigenvalue weighted by atomic mass is 9.96. The van der Waals surface area contributed by atoms with Gasteiger partial charge in [-0.2, -0.15) is 4.98 Å². The first-order valence-corrected chi connectivity index (χ1v) is 6.44. The topological polar surface area (TPSA) is 77.2 Å². The molecule has 0 aromatic carbocycles. The molecule has 0 unspecified atom stereocenters. The van der Waals surface area contributed by atoms with Crippen LogP contribution < -0.4 is 5.32 Å². The normalized spacial score (nSPS) is 13.3. The van der Waals surface area contributed by atoms with Crippen LogP contribution in [-0.2, 0) is 21.4 Å². The number of aryl methyl sites for hydroxylation is 1. The molecule has 6 nitrogen and oxygen atoms in total. The Labute approximate surface area is 113 Å². The van der Waals surface area contributed by atoms with E-state index in [0.717, 1.165) is 0 Å². The standard InChI is InChI=1S/C13H23N3O3/c1-9(8-18-5)14-10(17)6-7-11-15-12(16-19-11)13(2,3)4/h9H,6-8H2,1-5H3,(H,14,17)/t9-/m1/s1. The fourth-order valence-corrected chi connectivity index (χ4v) is 1.52. The highest BCUT2D eigenvalue weighted by Gasteiger charge is 2.21. The number of carbonyl (C=O) groups is 1. The molecule has 1 N–H and O–H groups in total. The number of hydrogen-bond donors (Lipinski definition) is 1. The molecule has 0 aliphatic heterocycles. The molecule has 0 fully saturated rings. The number of methoxy groups -OCH3 is 1. The Balaban J connectivity index is 2.40. The number of ether oxygens (including phenoxy) is 1. The maximum atomic E-state index is 11.6. The van der Waals surface area contributed by atoms with Crippen molar-refractivity contribution in [3.63, 3.8) is 0 Å². The summed E-state index contributed by atoms with van der Waals surface area (Å²) in [4.78, 5) is 15.9. The number of rotatable bonds is 6. The van der Waals surface area contributed by atoms with Crippen molar-refractivity contribution in [3.05, 3.63) is 11.7 Å². The van der Waals surface area contributed by atoms with Gasteiger partial charge < -0.3 is 14.6 Å². The summed E-state index contributed by atoms with van der Waals surface area (Å²) >= 11 is 0. The molecule has 0 aliphatic carbocycles. The predicted octanol–water partition coefficient (Wildman–Crippen LogP) is 1.45. The van der Waals surface area contributed by atoms with E-state index in [4.69, 9.17) is 9.26 Å². The lowest BCUT2D eigenvalue weighted by Crippen LogP contribution is -2.35. The van der Waals surface area contributed by atoms with Gasteiger partial charge in [-0.05, 0) is 6.92 Å². The second kappa shape index (κ2) is 6.65. The Morgan fingerprint density at radius 1 is 1.47 bits per heavy atom. The van der Waals surface area contributed by atoms with Crippen LogP contribution in [0.2, 0.25) is 0 Å². The van der Waals surface area contributed by atoms with Gasteiger partial charge in [-0.15, -0.1) is 0 Å². The van der Waals surface area contributed by atoms with Crippen LogP contribution in [0.15, 0.2) is 4.52 Å².